The van der Waals surface area contributed by atoms with Gasteiger partial charge in [0.05, 0.1) is 0 Å². The van der Waals surface area contributed by atoms with Gasteiger partial charge >= 0.3 is 0 Å². The molecule has 1 nitrogen and oxygen atoms in total. The van der Waals surface area contributed by atoms with Crippen LogP contribution >= 0.6 is 0 Å². The summed E-state index contributed by atoms with van der Waals surface area (Å²) in [4.78, 5) is 0. The van der Waals surface area contributed by atoms with Crippen molar-refractivity contribution >= 4 is 9.76 Å². The predicted molar refractivity (Wildman–Crippen MR) is 39.6 cm³/mol. The Balaban J connectivity index is 2.93. The number of rotatable bonds is 3. The second-order valence-corrected chi connectivity index (χ2v) is 3.09. The number of allylic oxidation sites excluding steroid dienone is 1. The van der Waals surface area contributed by atoms with E-state index in [0.717, 1.165) is 0 Å². The van der Waals surface area contributed by atoms with E-state index < -0.39 is 0 Å². The molecule has 0 saturated heterocycles. The lowest BCUT2D eigenvalue weighted by Crippen LogP contribution is -2.04. The fraction of sp³-hybridized carbons (Fsp3) is 0.667. The molecule has 0 radical (unpaired) electrons. The highest BCUT2D eigenvalue weighted by Gasteiger charge is 1.86. The van der Waals surface area contributed by atoms with Crippen LogP contribution in [0, 0.1) is 0 Å². The van der Waals surface area contributed by atoms with Crippen LogP contribution in [0.4, 0.5) is 0 Å². The topological polar surface area (TPSA) is 9.23 Å². The van der Waals surface area contributed by atoms with Crippen molar-refractivity contribution in [1.29, 1.82) is 0 Å². The normalized spacial score (nSPS) is 13.0. The first-order chi connectivity index (χ1) is 3.77. The van der Waals surface area contributed by atoms with Gasteiger partial charge in [-0.1, -0.05) is 11.8 Å². The Hall–Kier alpha value is -0.0831. The number of hydrogen-bond acceptors (Lipinski definition) is 1. The highest BCUT2D eigenvalue weighted by molar-refractivity contribution is 6.34. The first-order valence-electron chi connectivity index (χ1n) is 3.00. The van der Waals surface area contributed by atoms with Gasteiger partial charge in [-0.15, -0.1) is 0 Å². The summed E-state index contributed by atoms with van der Waals surface area (Å²) in [7, 11) is -0.317. The second-order valence-electron chi connectivity index (χ2n) is 1.95. The van der Waals surface area contributed by atoms with Crippen LogP contribution in [-0.2, 0) is 4.43 Å². The molecule has 8 heavy (non-hydrogen) atoms. The third-order valence-corrected chi connectivity index (χ3v) is 2.28. The van der Waals surface area contributed by atoms with E-state index in [9.17, 15) is 0 Å². The van der Waals surface area contributed by atoms with Crippen molar-refractivity contribution in [3.8, 4) is 0 Å². The summed E-state index contributed by atoms with van der Waals surface area (Å²) in [6.45, 7) is 6.16. The summed E-state index contributed by atoms with van der Waals surface area (Å²) in [5.74, 6) is 0. The molecule has 0 heterocycles. The minimum atomic E-state index is -0.317. The van der Waals surface area contributed by atoms with E-state index in [4.69, 9.17) is 4.43 Å². The van der Waals surface area contributed by atoms with Crippen molar-refractivity contribution in [2.45, 2.75) is 26.9 Å². The molecule has 0 spiro atoms. The second kappa shape index (κ2) is 5.06. The summed E-state index contributed by atoms with van der Waals surface area (Å²) in [6, 6.07) is 0. The Morgan fingerprint density at radius 2 is 2.12 bits per heavy atom. The first kappa shape index (κ1) is 7.92. The Morgan fingerprint density at radius 3 is 2.50 bits per heavy atom. The molecule has 0 aliphatic rings. The molecule has 0 amide bonds. The van der Waals surface area contributed by atoms with Gasteiger partial charge in [0.2, 0.25) is 0 Å². The molecule has 48 valence electrons. The molecule has 0 N–H and O–H groups in total. The van der Waals surface area contributed by atoms with Gasteiger partial charge < -0.3 is 4.43 Å². The van der Waals surface area contributed by atoms with Crippen LogP contribution in [0.25, 0.3) is 0 Å². The van der Waals surface area contributed by atoms with E-state index >= 15 is 0 Å². The average molecular weight is 130 g/mol. The van der Waals surface area contributed by atoms with Crippen molar-refractivity contribution in [1.82, 2.24) is 0 Å². The highest BCUT2D eigenvalue weighted by atomic mass is 28.2. The van der Waals surface area contributed by atoms with Crippen LogP contribution in [0.5, 0.6) is 0 Å². The molecule has 0 aliphatic heterocycles. The number of hydrogen-bond donors (Lipinski definition) is 0. The molecule has 2 heteroatoms. The van der Waals surface area contributed by atoms with Gasteiger partial charge in [0, 0.05) is 6.10 Å². The smallest absolute Gasteiger partial charge is 0.185 e. The molecule has 0 saturated carbocycles. The van der Waals surface area contributed by atoms with Gasteiger partial charge in [0.1, 0.15) is 0 Å². The van der Waals surface area contributed by atoms with Gasteiger partial charge in [-0.2, -0.15) is 0 Å². The SMILES string of the molecule is CC=C[SiH2]OC(C)C. The van der Waals surface area contributed by atoms with Crippen LogP contribution in [0.2, 0.25) is 0 Å². The van der Waals surface area contributed by atoms with Gasteiger partial charge in [-0.05, 0) is 20.8 Å². The van der Waals surface area contributed by atoms with E-state index in [1.54, 1.807) is 0 Å². The summed E-state index contributed by atoms with van der Waals surface area (Å²) in [6.07, 6.45) is 2.46. The zero-order chi connectivity index (χ0) is 6.41. The van der Waals surface area contributed by atoms with Crippen LogP contribution < -0.4 is 0 Å². The lowest BCUT2D eigenvalue weighted by molar-refractivity contribution is 0.260. The average Bonchev–Trinajstić information content (AvgIpc) is 1.66. The van der Waals surface area contributed by atoms with Crippen molar-refractivity contribution in [3.63, 3.8) is 0 Å². The fourth-order valence-electron chi connectivity index (χ4n) is 0.344. The lowest BCUT2D eigenvalue weighted by atomic mass is 10.5. The molecule has 0 atom stereocenters. The van der Waals surface area contributed by atoms with Gasteiger partial charge in [0.25, 0.3) is 0 Å². The highest BCUT2D eigenvalue weighted by Crippen LogP contribution is 1.83. The monoisotopic (exact) mass is 130 g/mol. The fourth-order valence-corrected chi connectivity index (χ4v) is 1.03. The largest absolute Gasteiger partial charge is 0.417 e. The van der Waals surface area contributed by atoms with E-state index in [0.29, 0.717) is 6.10 Å². The van der Waals surface area contributed by atoms with Gasteiger partial charge in [-0.25, -0.2) is 0 Å². The molecular weight excluding hydrogens is 116 g/mol. The Morgan fingerprint density at radius 1 is 1.50 bits per heavy atom. The standard InChI is InChI=1S/C6H14OSi/c1-4-5-8-7-6(2)3/h4-6H,8H2,1-3H3. The maximum absolute atomic E-state index is 5.33. The zero-order valence-corrected chi connectivity index (χ0v) is 7.26. The maximum Gasteiger partial charge on any atom is 0.185 e. The summed E-state index contributed by atoms with van der Waals surface area (Å²) >= 11 is 0. The van der Waals surface area contributed by atoms with E-state index in [-0.39, 0.29) is 9.76 Å². The van der Waals surface area contributed by atoms with Crippen molar-refractivity contribution in [2.24, 2.45) is 0 Å². The van der Waals surface area contributed by atoms with E-state index in [2.05, 4.69) is 25.6 Å². The van der Waals surface area contributed by atoms with Crippen molar-refractivity contribution in [2.75, 3.05) is 0 Å². The van der Waals surface area contributed by atoms with Crippen LogP contribution in [-0.4, -0.2) is 15.9 Å². The molecule has 0 aliphatic carbocycles. The lowest BCUT2D eigenvalue weighted by Gasteiger charge is -2.01. The Kier molecular flexibility index (Phi) is 5.01. The van der Waals surface area contributed by atoms with Crippen LogP contribution in [0.15, 0.2) is 11.8 Å². The molecule has 0 unspecified atom stereocenters. The van der Waals surface area contributed by atoms with E-state index in [1.165, 1.54) is 0 Å². The minimum Gasteiger partial charge on any atom is -0.417 e. The molecule has 0 fully saturated rings. The molecule has 0 aromatic heterocycles. The molecule has 0 rings (SSSR count). The minimum absolute atomic E-state index is 0.317. The summed E-state index contributed by atoms with van der Waals surface area (Å²) in [5.41, 5.74) is 2.14. The maximum atomic E-state index is 5.33. The first-order valence-corrected chi connectivity index (χ1v) is 4.39. The third kappa shape index (κ3) is 5.92. The zero-order valence-electron chi connectivity index (χ0n) is 5.85. The molecule has 0 bridgehead atoms. The Labute approximate surface area is 53.7 Å². The van der Waals surface area contributed by atoms with Crippen LogP contribution in [0.3, 0.4) is 0 Å². The van der Waals surface area contributed by atoms with Gasteiger partial charge in [-0.3, -0.25) is 0 Å². The van der Waals surface area contributed by atoms with Crippen LogP contribution in [0.1, 0.15) is 20.8 Å². The molecule has 0 aromatic carbocycles. The predicted octanol–water partition coefficient (Wildman–Crippen LogP) is 1.03. The summed E-state index contributed by atoms with van der Waals surface area (Å²) < 4.78 is 5.33. The quantitative estimate of drug-likeness (QED) is 0.518. The van der Waals surface area contributed by atoms with Gasteiger partial charge in [0.15, 0.2) is 9.76 Å². The molecule has 0 aromatic rings. The van der Waals surface area contributed by atoms with Crippen molar-refractivity contribution in [3.05, 3.63) is 11.8 Å². The molecular formula is C6H14OSi. The Bertz CT molecular complexity index is 68.9. The van der Waals surface area contributed by atoms with Crippen molar-refractivity contribution < 1.29 is 4.43 Å². The third-order valence-electron chi connectivity index (χ3n) is 0.761. The van der Waals surface area contributed by atoms with E-state index in [1.807, 2.05) is 6.92 Å². The summed E-state index contributed by atoms with van der Waals surface area (Å²) in [5, 5.41) is 0.